The highest BCUT2D eigenvalue weighted by atomic mass is 19.1. The van der Waals surface area contributed by atoms with Crippen LogP contribution in [0, 0.1) is 5.82 Å². The van der Waals surface area contributed by atoms with E-state index in [2.05, 4.69) is 6.92 Å². The van der Waals surface area contributed by atoms with Crippen LogP contribution in [0.4, 0.5) is 4.39 Å². The summed E-state index contributed by atoms with van der Waals surface area (Å²) in [5.41, 5.74) is -0.422. The van der Waals surface area contributed by atoms with Crippen molar-refractivity contribution < 1.29 is 14.6 Å². The van der Waals surface area contributed by atoms with E-state index in [4.69, 9.17) is 0 Å². The molecule has 0 aliphatic heterocycles. The topological polar surface area (TPSA) is 40.5 Å². The first-order chi connectivity index (χ1) is 9.70. The molecule has 0 bridgehead atoms. The largest absolute Gasteiger partial charge is 0.395 e. The lowest BCUT2D eigenvalue weighted by molar-refractivity contribution is 0.104. The molecule has 0 aliphatic carbocycles. The van der Waals surface area contributed by atoms with E-state index in [0.717, 1.165) is 19.3 Å². The molecule has 3 heteroatoms. The van der Waals surface area contributed by atoms with Crippen molar-refractivity contribution in [3.8, 4) is 0 Å². The van der Waals surface area contributed by atoms with Gasteiger partial charge >= 0.3 is 0 Å². The molecule has 0 atom stereocenters. The Morgan fingerprint density at radius 2 is 1.55 bits per heavy atom. The summed E-state index contributed by atoms with van der Waals surface area (Å²) < 4.78 is 13.9. The Balaban J connectivity index is 2.61. The van der Waals surface area contributed by atoms with Crippen LogP contribution in [-0.2, 0) is 5.41 Å². The Morgan fingerprint density at radius 1 is 0.950 bits per heavy atom. The van der Waals surface area contributed by atoms with E-state index in [-0.39, 0.29) is 19.0 Å². The summed E-state index contributed by atoms with van der Waals surface area (Å²) in [6, 6.07) is 6.43. The minimum absolute atomic E-state index is 0.223. The van der Waals surface area contributed by atoms with E-state index in [9.17, 15) is 14.6 Å². The molecule has 0 amide bonds. The van der Waals surface area contributed by atoms with E-state index >= 15 is 0 Å². The number of hydrogen-bond acceptors (Lipinski definition) is 2. The van der Waals surface area contributed by atoms with Crippen LogP contribution in [0.3, 0.4) is 0 Å². The standard InChI is InChI=1S/C17H27FO2/c1-2-3-4-5-6-9-12-17(13-19,14-20)15-10-7-8-11-16(15)18/h7-8,10-11,19-20H,2-6,9,12-14H2,1H3. The van der Waals surface area contributed by atoms with Gasteiger partial charge in [-0.05, 0) is 18.1 Å². The molecule has 1 rings (SSSR count). The van der Waals surface area contributed by atoms with Crippen LogP contribution in [0.25, 0.3) is 0 Å². The Labute approximate surface area is 121 Å². The van der Waals surface area contributed by atoms with Gasteiger partial charge in [-0.2, -0.15) is 0 Å². The third kappa shape index (κ3) is 4.57. The molecule has 1 aromatic rings. The summed E-state index contributed by atoms with van der Waals surface area (Å²) in [5, 5.41) is 19.3. The first-order valence-corrected chi connectivity index (χ1v) is 7.67. The molecule has 0 radical (unpaired) electrons. The summed E-state index contributed by atoms with van der Waals surface area (Å²) in [5.74, 6) is -0.346. The molecule has 0 fully saturated rings. The fourth-order valence-corrected chi connectivity index (χ4v) is 2.65. The number of benzene rings is 1. The van der Waals surface area contributed by atoms with Gasteiger partial charge in [0, 0.05) is 5.41 Å². The third-order valence-electron chi connectivity index (χ3n) is 4.06. The van der Waals surface area contributed by atoms with Crippen LogP contribution in [0.5, 0.6) is 0 Å². The van der Waals surface area contributed by atoms with Crippen molar-refractivity contribution in [2.24, 2.45) is 0 Å². The molecule has 20 heavy (non-hydrogen) atoms. The number of hydrogen-bond donors (Lipinski definition) is 2. The minimum Gasteiger partial charge on any atom is -0.395 e. The molecular weight excluding hydrogens is 255 g/mol. The SMILES string of the molecule is CCCCCCCCC(CO)(CO)c1ccccc1F. The van der Waals surface area contributed by atoms with Crippen molar-refractivity contribution in [3.05, 3.63) is 35.6 Å². The molecular formula is C17H27FO2. The van der Waals surface area contributed by atoms with Gasteiger partial charge in [0.05, 0.1) is 13.2 Å². The highest BCUT2D eigenvalue weighted by molar-refractivity contribution is 5.27. The summed E-state index contributed by atoms with van der Waals surface area (Å²) in [6.45, 7) is 1.74. The van der Waals surface area contributed by atoms with E-state index in [0.29, 0.717) is 12.0 Å². The molecule has 0 saturated heterocycles. The molecule has 0 spiro atoms. The normalized spacial score (nSPS) is 11.8. The second-order valence-electron chi connectivity index (χ2n) is 5.59. The van der Waals surface area contributed by atoms with E-state index < -0.39 is 5.41 Å². The zero-order valence-corrected chi connectivity index (χ0v) is 12.4. The molecule has 0 saturated carbocycles. The molecule has 2 N–H and O–H groups in total. The lowest BCUT2D eigenvalue weighted by atomic mass is 9.77. The zero-order valence-electron chi connectivity index (χ0n) is 12.4. The zero-order chi connectivity index (χ0) is 14.8. The molecule has 2 nitrogen and oxygen atoms in total. The van der Waals surface area contributed by atoms with Gasteiger partial charge in [0.2, 0.25) is 0 Å². The monoisotopic (exact) mass is 282 g/mol. The number of rotatable bonds is 10. The fraction of sp³-hybridized carbons (Fsp3) is 0.647. The fourth-order valence-electron chi connectivity index (χ4n) is 2.65. The maximum Gasteiger partial charge on any atom is 0.127 e. The molecule has 0 heterocycles. The maximum atomic E-state index is 13.9. The van der Waals surface area contributed by atoms with Crippen LogP contribution >= 0.6 is 0 Å². The lowest BCUT2D eigenvalue weighted by Gasteiger charge is -2.30. The first-order valence-electron chi connectivity index (χ1n) is 7.67. The maximum absolute atomic E-state index is 13.9. The Hall–Kier alpha value is -0.930. The summed E-state index contributed by atoms with van der Waals surface area (Å²) in [4.78, 5) is 0. The van der Waals surface area contributed by atoms with Gasteiger partial charge in [-0.3, -0.25) is 0 Å². The van der Waals surface area contributed by atoms with E-state index in [1.54, 1.807) is 18.2 Å². The molecule has 0 aromatic heterocycles. The third-order valence-corrected chi connectivity index (χ3v) is 4.06. The number of aliphatic hydroxyl groups excluding tert-OH is 2. The van der Waals surface area contributed by atoms with Gasteiger partial charge in [-0.1, -0.05) is 63.6 Å². The van der Waals surface area contributed by atoms with Gasteiger partial charge in [0.1, 0.15) is 5.82 Å². The molecule has 114 valence electrons. The molecule has 0 unspecified atom stereocenters. The second kappa shape index (κ2) is 9.09. The van der Waals surface area contributed by atoms with Crippen molar-refractivity contribution in [3.63, 3.8) is 0 Å². The first kappa shape index (κ1) is 17.1. The number of halogens is 1. The number of unbranched alkanes of at least 4 members (excludes halogenated alkanes) is 5. The van der Waals surface area contributed by atoms with Gasteiger partial charge in [-0.15, -0.1) is 0 Å². The van der Waals surface area contributed by atoms with Gasteiger partial charge < -0.3 is 10.2 Å². The summed E-state index contributed by atoms with van der Waals surface area (Å²) in [6.07, 6.45) is 7.44. The van der Waals surface area contributed by atoms with Crippen LogP contribution in [0.2, 0.25) is 0 Å². The molecule has 1 aromatic carbocycles. The van der Waals surface area contributed by atoms with Crippen molar-refractivity contribution in [2.75, 3.05) is 13.2 Å². The Morgan fingerprint density at radius 3 is 2.15 bits per heavy atom. The minimum atomic E-state index is -0.851. The van der Waals surface area contributed by atoms with Crippen molar-refractivity contribution >= 4 is 0 Å². The van der Waals surface area contributed by atoms with E-state index in [1.165, 1.54) is 25.3 Å². The molecule has 0 aliphatic rings. The smallest absolute Gasteiger partial charge is 0.127 e. The van der Waals surface area contributed by atoms with Crippen molar-refractivity contribution in [1.29, 1.82) is 0 Å². The van der Waals surface area contributed by atoms with Crippen LogP contribution in [0.1, 0.15) is 57.4 Å². The van der Waals surface area contributed by atoms with Crippen molar-refractivity contribution in [1.82, 2.24) is 0 Å². The van der Waals surface area contributed by atoms with Crippen molar-refractivity contribution in [2.45, 2.75) is 57.3 Å². The van der Waals surface area contributed by atoms with Gasteiger partial charge in [0.25, 0.3) is 0 Å². The van der Waals surface area contributed by atoms with E-state index in [1.807, 2.05) is 0 Å². The summed E-state index contributed by atoms with van der Waals surface area (Å²) in [7, 11) is 0. The van der Waals surface area contributed by atoms with Gasteiger partial charge in [0.15, 0.2) is 0 Å². The predicted octanol–water partition coefficient (Wildman–Crippen LogP) is 3.80. The van der Waals surface area contributed by atoms with Crippen LogP contribution in [0.15, 0.2) is 24.3 Å². The average Bonchev–Trinajstić information content (AvgIpc) is 2.48. The van der Waals surface area contributed by atoms with Crippen LogP contribution in [-0.4, -0.2) is 23.4 Å². The summed E-state index contributed by atoms with van der Waals surface area (Å²) >= 11 is 0. The van der Waals surface area contributed by atoms with Crippen LogP contribution < -0.4 is 0 Å². The lowest BCUT2D eigenvalue weighted by Crippen LogP contribution is -2.35. The Bertz CT molecular complexity index is 375. The highest BCUT2D eigenvalue weighted by Crippen LogP contribution is 2.31. The average molecular weight is 282 g/mol. The number of aliphatic hydroxyl groups is 2. The highest BCUT2D eigenvalue weighted by Gasteiger charge is 2.32. The second-order valence-corrected chi connectivity index (χ2v) is 5.59. The van der Waals surface area contributed by atoms with Gasteiger partial charge in [-0.25, -0.2) is 4.39 Å². The quantitative estimate of drug-likeness (QED) is 0.641. The Kier molecular flexibility index (Phi) is 7.78. The predicted molar refractivity (Wildman–Crippen MR) is 80.2 cm³/mol.